The molecule has 0 unspecified atom stereocenters. The van der Waals surface area contributed by atoms with Crippen LogP contribution in [0.3, 0.4) is 0 Å². The van der Waals surface area contributed by atoms with E-state index in [0.29, 0.717) is 30.3 Å². The summed E-state index contributed by atoms with van der Waals surface area (Å²) in [5.41, 5.74) is 3.97. The second-order valence-electron chi connectivity index (χ2n) is 5.72. The van der Waals surface area contributed by atoms with Crippen LogP contribution in [-0.4, -0.2) is 25.7 Å². The summed E-state index contributed by atoms with van der Waals surface area (Å²) in [5.74, 6) is 1.16. The van der Waals surface area contributed by atoms with E-state index in [1.54, 1.807) is 18.2 Å². The number of hydrogen-bond acceptors (Lipinski definition) is 4. The summed E-state index contributed by atoms with van der Waals surface area (Å²) in [4.78, 5) is 12.4. The van der Waals surface area contributed by atoms with Crippen molar-refractivity contribution >= 4 is 11.6 Å². The zero-order chi connectivity index (χ0) is 15.6. The highest BCUT2D eigenvalue weighted by atomic mass is 16.6. The SMILES string of the molecule is O=C(Nc1ccc2c(c1)CNCC2)c1ccc2c(c1)OCCO2. The second-order valence-corrected chi connectivity index (χ2v) is 5.72. The molecule has 0 saturated carbocycles. The van der Waals surface area contributed by atoms with Crippen LogP contribution in [0.25, 0.3) is 0 Å². The average molecular weight is 310 g/mol. The van der Waals surface area contributed by atoms with E-state index in [9.17, 15) is 4.79 Å². The molecule has 23 heavy (non-hydrogen) atoms. The van der Waals surface area contributed by atoms with Crippen LogP contribution < -0.4 is 20.1 Å². The third-order valence-electron chi connectivity index (χ3n) is 4.16. The number of rotatable bonds is 2. The topological polar surface area (TPSA) is 59.6 Å². The van der Waals surface area contributed by atoms with E-state index >= 15 is 0 Å². The highest BCUT2D eigenvalue weighted by molar-refractivity contribution is 6.04. The highest BCUT2D eigenvalue weighted by Crippen LogP contribution is 2.31. The van der Waals surface area contributed by atoms with E-state index in [1.165, 1.54) is 11.1 Å². The molecule has 5 heteroatoms. The van der Waals surface area contributed by atoms with Crippen molar-refractivity contribution in [3.05, 3.63) is 53.1 Å². The van der Waals surface area contributed by atoms with E-state index in [0.717, 1.165) is 25.2 Å². The molecule has 118 valence electrons. The molecule has 2 heterocycles. The molecule has 2 aromatic carbocycles. The summed E-state index contributed by atoms with van der Waals surface area (Å²) < 4.78 is 11.0. The molecular formula is C18H18N2O3. The lowest BCUT2D eigenvalue weighted by molar-refractivity contribution is 0.102. The Labute approximate surface area is 134 Å². The van der Waals surface area contributed by atoms with Gasteiger partial charge in [0, 0.05) is 17.8 Å². The summed E-state index contributed by atoms with van der Waals surface area (Å²) in [7, 11) is 0. The number of nitrogens with one attached hydrogen (secondary N) is 2. The van der Waals surface area contributed by atoms with Crippen molar-refractivity contribution in [2.45, 2.75) is 13.0 Å². The van der Waals surface area contributed by atoms with Crippen LogP contribution in [0.4, 0.5) is 5.69 Å². The number of hydrogen-bond donors (Lipinski definition) is 2. The van der Waals surface area contributed by atoms with Crippen molar-refractivity contribution in [1.82, 2.24) is 5.32 Å². The fraction of sp³-hybridized carbons (Fsp3) is 0.278. The highest BCUT2D eigenvalue weighted by Gasteiger charge is 2.16. The van der Waals surface area contributed by atoms with Crippen LogP contribution in [0.1, 0.15) is 21.5 Å². The second kappa shape index (κ2) is 5.93. The van der Waals surface area contributed by atoms with Gasteiger partial charge in [0.25, 0.3) is 5.91 Å². The Kier molecular flexibility index (Phi) is 3.63. The van der Waals surface area contributed by atoms with Crippen molar-refractivity contribution in [2.24, 2.45) is 0 Å². The molecule has 0 fully saturated rings. The van der Waals surface area contributed by atoms with Gasteiger partial charge in [-0.15, -0.1) is 0 Å². The smallest absolute Gasteiger partial charge is 0.255 e. The number of carbonyl (C=O) groups excluding carboxylic acids is 1. The number of anilines is 1. The fourth-order valence-corrected chi connectivity index (χ4v) is 2.95. The monoisotopic (exact) mass is 310 g/mol. The molecule has 2 N–H and O–H groups in total. The molecule has 0 spiro atoms. The van der Waals surface area contributed by atoms with Gasteiger partial charge in [-0.1, -0.05) is 6.07 Å². The van der Waals surface area contributed by atoms with E-state index in [1.807, 2.05) is 12.1 Å². The first-order chi connectivity index (χ1) is 11.3. The predicted octanol–water partition coefficient (Wildman–Crippen LogP) is 2.36. The minimum Gasteiger partial charge on any atom is -0.486 e. The molecule has 0 bridgehead atoms. The molecular weight excluding hydrogens is 292 g/mol. The van der Waals surface area contributed by atoms with Gasteiger partial charge in [0.2, 0.25) is 0 Å². The first-order valence-corrected chi connectivity index (χ1v) is 7.83. The van der Waals surface area contributed by atoms with Gasteiger partial charge in [-0.3, -0.25) is 4.79 Å². The lowest BCUT2D eigenvalue weighted by atomic mass is 10.0. The summed E-state index contributed by atoms with van der Waals surface area (Å²) >= 11 is 0. The van der Waals surface area contributed by atoms with Crippen molar-refractivity contribution in [3.63, 3.8) is 0 Å². The minimum atomic E-state index is -0.148. The molecule has 1 amide bonds. The van der Waals surface area contributed by atoms with Crippen LogP contribution in [-0.2, 0) is 13.0 Å². The van der Waals surface area contributed by atoms with Crippen LogP contribution in [0.5, 0.6) is 11.5 Å². The van der Waals surface area contributed by atoms with Gasteiger partial charge in [0.05, 0.1) is 0 Å². The van der Waals surface area contributed by atoms with Gasteiger partial charge in [-0.05, 0) is 54.4 Å². The number of ether oxygens (including phenoxy) is 2. The maximum absolute atomic E-state index is 12.4. The first-order valence-electron chi connectivity index (χ1n) is 7.83. The third-order valence-corrected chi connectivity index (χ3v) is 4.16. The van der Waals surface area contributed by atoms with Crippen LogP contribution in [0.15, 0.2) is 36.4 Å². The van der Waals surface area contributed by atoms with Gasteiger partial charge in [-0.25, -0.2) is 0 Å². The first kappa shape index (κ1) is 14.1. The van der Waals surface area contributed by atoms with Crippen molar-refractivity contribution in [3.8, 4) is 11.5 Å². The van der Waals surface area contributed by atoms with E-state index in [-0.39, 0.29) is 5.91 Å². The Morgan fingerprint density at radius 1 is 1.00 bits per heavy atom. The number of amides is 1. The summed E-state index contributed by atoms with van der Waals surface area (Å²) in [6, 6.07) is 11.3. The predicted molar refractivity (Wildman–Crippen MR) is 87.2 cm³/mol. The quantitative estimate of drug-likeness (QED) is 0.894. The minimum absolute atomic E-state index is 0.148. The Morgan fingerprint density at radius 3 is 2.78 bits per heavy atom. The zero-order valence-electron chi connectivity index (χ0n) is 12.7. The van der Waals surface area contributed by atoms with Crippen LogP contribution in [0.2, 0.25) is 0 Å². The average Bonchev–Trinajstić information content (AvgIpc) is 2.61. The lowest BCUT2D eigenvalue weighted by Gasteiger charge is -2.19. The Morgan fingerprint density at radius 2 is 1.87 bits per heavy atom. The van der Waals surface area contributed by atoms with Crippen molar-refractivity contribution < 1.29 is 14.3 Å². The zero-order valence-corrected chi connectivity index (χ0v) is 12.7. The molecule has 0 aliphatic carbocycles. The maximum Gasteiger partial charge on any atom is 0.255 e. The Balaban J connectivity index is 1.53. The largest absolute Gasteiger partial charge is 0.486 e. The molecule has 4 rings (SSSR count). The molecule has 0 saturated heterocycles. The molecule has 2 aromatic rings. The standard InChI is InChI=1S/C18H18N2O3/c21-18(13-2-4-16-17(10-13)23-8-7-22-16)20-15-3-1-12-5-6-19-11-14(12)9-15/h1-4,9-10,19H,5-8,11H2,(H,20,21). The third kappa shape index (κ3) is 2.87. The van der Waals surface area contributed by atoms with Crippen LogP contribution in [0, 0.1) is 0 Å². The van der Waals surface area contributed by atoms with E-state index in [2.05, 4.69) is 16.7 Å². The van der Waals surface area contributed by atoms with E-state index in [4.69, 9.17) is 9.47 Å². The van der Waals surface area contributed by atoms with Gasteiger partial charge in [-0.2, -0.15) is 0 Å². The molecule has 0 atom stereocenters. The van der Waals surface area contributed by atoms with Gasteiger partial charge in [0.1, 0.15) is 13.2 Å². The lowest BCUT2D eigenvalue weighted by Crippen LogP contribution is -2.23. The summed E-state index contributed by atoms with van der Waals surface area (Å²) in [5, 5.41) is 6.30. The van der Waals surface area contributed by atoms with Gasteiger partial charge in [0.15, 0.2) is 11.5 Å². The molecule has 0 aromatic heterocycles. The fourth-order valence-electron chi connectivity index (χ4n) is 2.95. The molecule has 2 aliphatic rings. The summed E-state index contributed by atoms with van der Waals surface area (Å²) in [6.07, 6.45) is 1.03. The normalized spacial score (nSPS) is 15.7. The maximum atomic E-state index is 12.4. The summed E-state index contributed by atoms with van der Waals surface area (Å²) in [6.45, 7) is 2.91. The van der Waals surface area contributed by atoms with Gasteiger partial charge < -0.3 is 20.1 Å². The number of benzene rings is 2. The Hall–Kier alpha value is -2.53. The van der Waals surface area contributed by atoms with Gasteiger partial charge >= 0.3 is 0 Å². The molecule has 0 radical (unpaired) electrons. The van der Waals surface area contributed by atoms with Crippen molar-refractivity contribution in [1.29, 1.82) is 0 Å². The van der Waals surface area contributed by atoms with E-state index < -0.39 is 0 Å². The Bertz CT molecular complexity index is 758. The number of carbonyl (C=O) groups is 1. The number of fused-ring (bicyclic) bond motifs is 2. The molecule has 5 nitrogen and oxygen atoms in total. The van der Waals surface area contributed by atoms with Crippen LogP contribution >= 0.6 is 0 Å². The van der Waals surface area contributed by atoms with Crippen molar-refractivity contribution in [2.75, 3.05) is 25.1 Å². The molecule has 2 aliphatic heterocycles.